The van der Waals surface area contributed by atoms with Crippen LogP contribution in [0.3, 0.4) is 0 Å². The molecule has 2 aromatic rings. The molecule has 3 nitrogen and oxygen atoms in total. The highest BCUT2D eigenvalue weighted by atomic mass is 16.5. The number of rotatable bonds is 5. The van der Waals surface area contributed by atoms with E-state index >= 15 is 0 Å². The third-order valence-corrected chi connectivity index (χ3v) is 4.04. The summed E-state index contributed by atoms with van der Waals surface area (Å²) in [5, 5.41) is 14.8. The Labute approximate surface area is 142 Å². The van der Waals surface area contributed by atoms with E-state index in [-0.39, 0.29) is 5.76 Å². The minimum atomic E-state index is 0.260. The summed E-state index contributed by atoms with van der Waals surface area (Å²) in [7, 11) is 0. The van der Waals surface area contributed by atoms with E-state index in [9.17, 15) is 5.26 Å². The van der Waals surface area contributed by atoms with Crippen LogP contribution in [0.25, 0.3) is 10.8 Å². The molecule has 0 aliphatic heterocycles. The second kappa shape index (κ2) is 7.52. The standard InChI is InChI=1S/C21H20N2O/c1-2-16-12-17-8-6-7-9-18(17)13-21(16)24-20(14-22)15-23-19-10-4-3-5-11-19/h3-4,6-10,12-13,15,23H,2,5,11H2,1H3/b20-15+. The fourth-order valence-corrected chi connectivity index (χ4v) is 2.72. The number of allylic oxidation sites excluding steroid dienone is 5. The second-order valence-corrected chi connectivity index (χ2v) is 5.69. The maximum atomic E-state index is 9.38. The molecule has 3 heteroatoms. The maximum Gasteiger partial charge on any atom is 0.219 e. The molecule has 0 bridgehead atoms. The molecular formula is C21H20N2O. The quantitative estimate of drug-likeness (QED) is 0.625. The number of nitrogens with zero attached hydrogens (tertiary/aromatic N) is 1. The molecule has 0 radical (unpaired) electrons. The molecule has 0 fully saturated rings. The summed E-state index contributed by atoms with van der Waals surface area (Å²) >= 11 is 0. The third-order valence-electron chi connectivity index (χ3n) is 4.04. The molecule has 24 heavy (non-hydrogen) atoms. The monoisotopic (exact) mass is 316 g/mol. The molecule has 0 saturated carbocycles. The molecule has 0 atom stereocenters. The van der Waals surface area contributed by atoms with Gasteiger partial charge in [-0.2, -0.15) is 5.26 Å². The fourth-order valence-electron chi connectivity index (χ4n) is 2.72. The normalized spacial score (nSPS) is 14.2. The van der Waals surface area contributed by atoms with Gasteiger partial charge >= 0.3 is 0 Å². The van der Waals surface area contributed by atoms with Crippen LogP contribution < -0.4 is 10.1 Å². The molecular weight excluding hydrogens is 296 g/mol. The number of nitrogens with one attached hydrogen (secondary N) is 1. The van der Waals surface area contributed by atoms with Crippen molar-refractivity contribution in [3.8, 4) is 11.8 Å². The average Bonchev–Trinajstić information content (AvgIpc) is 2.65. The SMILES string of the molecule is CCc1cc2ccccc2cc1O/C(C#N)=C/NC1=CC=CCC1. The Morgan fingerprint density at radius 1 is 1.29 bits per heavy atom. The highest BCUT2D eigenvalue weighted by molar-refractivity contribution is 5.85. The highest BCUT2D eigenvalue weighted by Crippen LogP contribution is 2.28. The fraction of sp³-hybridized carbons (Fsp3) is 0.190. The van der Waals surface area contributed by atoms with Crippen LogP contribution in [0.15, 0.2) is 72.3 Å². The number of nitriles is 1. The largest absolute Gasteiger partial charge is 0.444 e. The van der Waals surface area contributed by atoms with Gasteiger partial charge in [-0.1, -0.05) is 43.3 Å². The van der Waals surface area contributed by atoms with Crippen LogP contribution in [0.2, 0.25) is 0 Å². The van der Waals surface area contributed by atoms with E-state index in [1.807, 2.05) is 30.4 Å². The summed E-state index contributed by atoms with van der Waals surface area (Å²) in [5.74, 6) is 0.999. The number of hydrogen-bond acceptors (Lipinski definition) is 3. The molecule has 0 aromatic heterocycles. The Morgan fingerprint density at radius 2 is 2.08 bits per heavy atom. The topological polar surface area (TPSA) is 45.0 Å². The Morgan fingerprint density at radius 3 is 2.75 bits per heavy atom. The van der Waals surface area contributed by atoms with Crippen LogP contribution >= 0.6 is 0 Å². The molecule has 0 heterocycles. The first-order valence-electron chi connectivity index (χ1n) is 8.22. The Balaban J connectivity index is 1.85. The van der Waals surface area contributed by atoms with Crippen LogP contribution in [-0.2, 0) is 6.42 Å². The van der Waals surface area contributed by atoms with E-state index < -0.39 is 0 Å². The second-order valence-electron chi connectivity index (χ2n) is 5.69. The van der Waals surface area contributed by atoms with Crippen LogP contribution in [0.1, 0.15) is 25.3 Å². The van der Waals surface area contributed by atoms with Crippen LogP contribution in [0.4, 0.5) is 0 Å². The number of benzene rings is 2. The molecule has 1 N–H and O–H groups in total. The summed E-state index contributed by atoms with van der Waals surface area (Å²) < 4.78 is 5.88. The van der Waals surface area contributed by atoms with Crippen molar-refractivity contribution in [3.63, 3.8) is 0 Å². The van der Waals surface area contributed by atoms with E-state index in [1.165, 1.54) is 5.39 Å². The van der Waals surface area contributed by atoms with Crippen molar-refractivity contribution < 1.29 is 4.74 Å². The predicted octanol–water partition coefficient (Wildman–Crippen LogP) is 4.97. The number of aryl methyl sites for hydroxylation is 1. The van der Waals surface area contributed by atoms with E-state index in [0.29, 0.717) is 0 Å². The average molecular weight is 316 g/mol. The maximum absolute atomic E-state index is 9.38. The molecule has 0 unspecified atom stereocenters. The summed E-state index contributed by atoms with van der Waals surface area (Å²) in [6.45, 7) is 2.09. The smallest absolute Gasteiger partial charge is 0.219 e. The van der Waals surface area contributed by atoms with Gasteiger partial charge < -0.3 is 10.1 Å². The van der Waals surface area contributed by atoms with Crippen molar-refractivity contribution in [3.05, 3.63) is 77.8 Å². The highest BCUT2D eigenvalue weighted by Gasteiger charge is 2.08. The van der Waals surface area contributed by atoms with Gasteiger partial charge in [-0.05, 0) is 53.8 Å². The minimum Gasteiger partial charge on any atom is -0.444 e. The lowest BCUT2D eigenvalue weighted by molar-refractivity contribution is 0.440. The third kappa shape index (κ3) is 3.67. The summed E-state index contributed by atoms with van der Waals surface area (Å²) in [6, 6.07) is 14.4. The van der Waals surface area contributed by atoms with Gasteiger partial charge in [0.2, 0.25) is 5.76 Å². The van der Waals surface area contributed by atoms with Gasteiger partial charge in [0.15, 0.2) is 0 Å². The number of fused-ring (bicyclic) bond motifs is 1. The number of hydrogen-bond donors (Lipinski definition) is 1. The van der Waals surface area contributed by atoms with Crippen LogP contribution in [0.5, 0.6) is 5.75 Å². The van der Waals surface area contributed by atoms with Gasteiger partial charge in [0, 0.05) is 5.70 Å². The molecule has 1 aliphatic rings. The van der Waals surface area contributed by atoms with Gasteiger partial charge in [-0.25, -0.2) is 0 Å². The predicted molar refractivity (Wildman–Crippen MR) is 97.2 cm³/mol. The molecule has 3 rings (SSSR count). The summed E-state index contributed by atoms with van der Waals surface area (Å²) in [5.41, 5.74) is 2.18. The lowest BCUT2D eigenvalue weighted by Crippen LogP contribution is -2.09. The summed E-state index contributed by atoms with van der Waals surface area (Å²) in [6.07, 6.45) is 10.6. The zero-order valence-corrected chi connectivity index (χ0v) is 13.8. The first kappa shape index (κ1) is 15.9. The number of ether oxygens (including phenoxy) is 1. The molecule has 120 valence electrons. The van der Waals surface area contributed by atoms with Crippen molar-refractivity contribution in [2.75, 3.05) is 0 Å². The van der Waals surface area contributed by atoms with Gasteiger partial charge in [0.25, 0.3) is 0 Å². The van der Waals surface area contributed by atoms with Crippen molar-refractivity contribution in [2.24, 2.45) is 0 Å². The van der Waals surface area contributed by atoms with Crippen LogP contribution in [-0.4, -0.2) is 0 Å². The van der Waals surface area contributed by atoms with Crippen LogP contribution in [0, 0.1) is 11.3 Å². The van der Waals surface area contributed by atoms with E-state index in [4.69, 9.17) is 4.74 Å². The molecule has 1 aliphatic carbocycles. The summed E-state index contributed by atoms with van der Waals surface area (Å²) in [4.78, 5) is 0. The zero-order chi connectivity index (χ0) is 16.8. The molecule has 0 spiro atoms. The van der Waals surface area contributed by atoms with Crippen molar-refractivity contribution in [2.45, 2.75) is 26.2 Å². The Hall–Kier alpha value is -2.99. The Bertz CT molecular complexity index is 869. The van der Waals surface area contributed by atoms with E-state index in [2.05, 4.69) is 42.6 Å². The molecule has 0 saturated heterocycles. The van der Waals surface area contributed by atoms with Crippen molar-refractivity contribution in [1.29, 1.82) is 5.26 Å². The van der Waals surface area contributed by atoms with Gasteiger partial charge in [0.1, 0.15) is 11.8 Å². The first-order valence-corrected chi connectivity index (χ1v) is 8.22. The molecule has 0 amide bonds. The van der Waals surface area contributed by atoms with Crippen molar-refractivity contribution in [1.82, 2.24) is 5.32 Å². The van der Waals surface area contributed by atoms with E-state index in [1.54, 1.807) is 6.20 Å². The van der Waals surface area contributed by atoms with Crippen molar-refractivity contribution >= 4 is 10.8 Å². The minimum absolute atomic E-state index is 0.260. The lowest BCUT2D eigenvalue weighted by Gasteiger charge is -2.12. The van der Waals surface area contributed by atoms with Gasteiger partial charge in [0.05, 0.1) is 6.20 Å². The molecule has 2 aromatic carbocycles. The zero-order valence-electron chi connectivity index (χ0n) is 13.8. The Kier molecular flexibility index (Phi) is 4.98. The van der Waals surface area contributed by atoms with Gasteiger partial charge in [-0.15, -0.1) is 0 Å². The van der Waals surface area contributed by atoms with E-state index in [0.717, 1.165) is 41.7 Å². The lowest BCUT2D eigenvalue weighted by atomic mass is 10.0. The first-order chi connectivity index (χ1) is 11.8. The van der Waals surface area contributed by atoms with Gasteiger partial charge in [-0.3, -0.25) is 0 Å².